The van der Waals surface area contributed by atoms with Crippen molar-refractivity contribution in [2.75, 3.05) is 19.6 Å². The third kappa shape index (κ3) is 3.90. The minimum atomic E-state index is -4.86. The van der Waals surface area contributed by atoms with Crippen molar-refractivity contribution in [3.05, 3.63) is 12.1 Å². The first kappa shape index (κ1) is 12.6. The molecule has 5 heteroatoms. The van der Waals surface area contributed by atoms with Crippen LogP contribution in [0.2, 0.25) is 0 Å². The Hall–Kier alpha value is -0.445. The molecule has 0 unspecified atom stereocenters. The van der Waals surface area contributed by atoms with E-state index in [4.69, 9.17) is 0 Å². The Morgan fingerprint density at radius 1 is 1.40 bits per heavy atom. The van der Waals surface area contributed by atoms with E-state index in [0.717, 1.165) is 6.54 Å². The van der Waals surface area contributed by atoms with Crippen LogP contribution in [0.3, 0.4) is 0 Å². The van der Waals surface area contributed by atoms with Crippen molar-refractivity contribution in [3.63, 3.8) is 0 Å². The summed E-state index contributed by atoms with van der Waals surface area (Å²) in [5, 5.41) is 0. The predicted octanol–water partition coefficient (Wildman–Crippen LogP) is 3.05. The van der Waals surface area contributed by atoms with Crippen LogP contribution in [0.1, 0.15) is 26.2 Å². The van der Waals surface area contributed by atoms with E-state index in [1.54, 1.807) is 0 Å². The molecule has 0 saturated heterocycles. The number of rotatable bonds is 6. The summed E-state index contributed by atoms with van der Waals surface area (Å²) < 4.78 is 36.9. The van der Waals surface area contributed by atoms with Crippen LogP contribution >= 0.6 is 0 Å². The molecule has 0 N–H and O–H groups in total. The molecular weight excluding hydrogens is 202 g/mol. The molecule has 0 radical (unpaired) electrons. The van der Waals surface area contributed by atoms with Crippen molar-refractivity contribution in [2.45, 2.75) is 26.2 Å². The van der Waals surface area contributed by atoms with Crippen molar-refractivity contribution in [2.24, 2.45) is 5.92 Å². The van der Waals surface area contributed by atoms with E-state index in [2.05, 4.69) is 6.58 Å². The Kier molecular flexibility index (Phi) is 4.26. The fourth-order valence-electron chi connectivity index (χ4n) is 1.74. The molecule has 1 nitrogen and oxygen atoms in total. The fourth-order valence-corrected chi connectivity index (χ4v) is 1.74. The summed E-state index contributed by atoms with van der Waals surface area (Å²) >= 11 is 0. The van der Waals surface area contributed by atoms with E-state index in [0.29, 0.717) is 12.5 Å². The van der Waals surface area contributed by atoms with Gasteiger partial charge in [-0.25, -0.2) is 0 Å². The van der Waals surface area contributed by atoms with Gasteiger partial charge in [-0.3, -0.25) is 0 Å². The fraction of sp³-hybridized carbons (Fsp3) is 0.800. The maximum absolute atomic E-state index is 12.3. The van der Waals surface area contributed by atoms with Crippen LogP contribution in [0, 0.1) is 5.92 Å². The molecule has 1 aliphatic carbocycles. The van der Waals surface area contributed by atoms with Crippen LogP contribution in [0.25, 0.3) is 0 Å². The average Bonchev–Trinajstić information content (AvgIpc) is 2.06. The number of hydrogen-bond donors (Lipinski definition) is 0. The Labute approximate surface area is 89.4 Å². The molecule has 1 saturated carbocycles. The van der Waals surface area contributed by atoms with Gasteiger partial charge in [-0.2, -0.15) is 0 Å². The third-order valence-corrected chi connectivity index (χ3v) is 3.08. The summed E-state index contributed by atoms with van der Waals surface area (Å²) in [6.07, 6.45) is 3.56. The van der Waals surface area contributed by atoms with Crippen LogP contribution in [-0.2, 0) is 0 Å². The maximum atomic E-state index is 12.3. The Morgan fingerprint density at radius 3 is 2.33 bits per heavy atom. The number of nitrogens with zero attached hydrogens (tertiary/aromatic N) is 1. The second-order valence-electron chi connectivity index (χ2n) is 4.36. The Bertz CT molecular complexity index is 223. The van der Waals surface area contributed by atoms with Crippen molar-refractivity contribution >= 4 is 6.98 Å². The molecule has 0 aromatic carbocycles. The van der Waals surface area contributed by atoms with Gasteiger partial charge in [0.15, 0.2) is 0 Å². The Balaban J connectivity index is 2.35. The molecule has 15 heavy (non-hydrogen) atoms. The highest BCUT2D eigenvalue weighted by atomic mass is 19.4. The third-order valence-electron chi connectivity index (χ3n) is 3.08. The molecule has 0 heterocycles. The van der Waals surface area contributed by atoms with Crippen LogP contribution in [0.4, 0.5) is 12.9 Å². The van der Waals surface area contributed by atoms with Gasteiger partial charge in [-0.15, -0.1) is 12.1 Å². The lowest BCUT2D eigenvalue weighted by Crippen LogP contribution is -2.37. The zero-order valence-electron chi connectivity index (χ0n) is 9.19. The minimum Gasteiger partial charge on any atom is -0.445 e. The number of likely N-dealkylation sites (N-methyl/N-ethyl adjacent to an activating group) is 1. The van der Waals surface area contributed by atoms with E-state index < -0.39 is 12.4 Å². The number of halogens is 3. The van der Waals surface area contributed by atoms with Crippen LogP contribution < -0.4 is 0 Å². The number of hydrogen-bond acceptors (Lipinski definition) is 1. The van der Waals surface area contributed by atoms with Crippen molar-refractivity contribution in [1.82, 2.24) is 4.90 Å². The summed E-state index contributed by atoms with van der Waals surface area (Å²) in [6, 6.07) is 0. The largest absolute Gasteiger partial charge is 0.506 e. The highest BCUT2D eigenvalue weighted by Gasteiger charge is 2.28. The molecule has 0 amide bonds. The first-order valence-electron chi connectivity index (χ1n) is 5.53. The molecule has 0 aromatic rings. The second kappa shape index (κ2) is 5.06. The average molecular weight is 220 g/mol. The molecule has 0 aromatic heterocycles. The van der Waals surface area contributed by atoms with E-state index in [9.17, 15) is 12.9 Å². The molecule has 1 fully saturated rings. The van der Waals surface area contributed by atoms with Crippen molar-refractivity contribution in [1.29, 1.82) is 0 Å². The van der Waals surface area contributed by atoms with Gasteiger partial charge in [-0.1, -0.05) is 13.3 Å². The van der Waals surface area contributed by atoms with Gasteiger partial charge in [-0.05, 0) is 31.8 Å². The van der Waals surface area contributed by atoms with Gasteiger partial charge >= 0.3 is 6.98 Å². The summed E-state index contributed by atoms with van der Waals surface area (Å²) in [4.78, 5) is 1.85. The minimum absolute atomic E-state index is 0.0174. The molecule has 0 atom stereocenters. The van der Waals surface area contributed by atoms with Gasteiger partial charge in [0.1, 0.15) is 0 Å². The summed E-state index contributed by atoms with van der Waals surface area (Å²) in [6.45, 7) is 1.61. The lowest BCUT2D eigenvalue weighted by molar-refractivity contribution is 0.194. The molecule has 0 spiro atoms. The van der Waals surface area contributed by atoms with E-state index in [1.165, 1.54) is 19.3 Å². The SMILES string of the molecule is C=C(CN(CC)CC1CCC1)[B-](F)(F)F. The monoisotopic (exact) mass is 220 g/mol. The smallest absolute Gasteiger partial charge is 0.445 e. The summed E-state index contributed by atoms with van der Waals surface area (Å²) in [7, 11) is 0. The molecular formula is C10H18BF3N-. The van der Waals surface area contributed by atoms with Crippen LogP contribution in [-0.4, -0.2) is 31.5 Å². The molecule has 1 aliphatic rings. The van der Waals surface area contributed by atoms with E-state index in [1.807, 2.05) is 11.8 Å². The van der Waals surface area contributed by atoms with Gasteiger partial charge in [0, 0.05) is 6.54 Å². The molecule has 0 aliphatic heterocycles. The molecule has 0 bridgehead atoms. The van der Waals surface area contributed by atoms with Gasteiger partial charge in [0.2, 0.25) is 0 Å². The predicted molar refractivity (Wildman–Crippen MR) is 57.7 cm³/mol. The first-order valence-corrected chi connectivity index (χ1v) is 5.53. The van der Waals surface area contributed by atoms with Crippen LogP contribution in [0.5, 0.6) is 0 Å². The second-order valence-corrected chi connectivity index (χ2v) is 4.36. The Morgan fingerprint density at radius 2 is 2.00 bits per heavy atom. The van der Waals surface area contributed by atoms with E-state index >= 15 is 0 Å². The molecule has 88 valence electrons. The molecule has 1 rings (SSSR count). The van der Waals surface area contributed by atoms with Gasteiger partial charge in [0.05, 0.1) is 0 Å². The summed E-state index contributed by atoms with van der Waals surface area (Å²) in [5.41, 5.74) is -0.573. The van der Waals surface area contributed by atoms with Gasteiger partial charge in [0.25, 0.3) is 0 Å². The quantitative estimate of drug-likeness (QED) is 0.622. The zero-order valence-corrected chi connectivity index (χ0v) is 9.19. The normalized spacial score (nSPS) is 17.9. The van der Waals surface area contributed by atoms with Crippen molar-refractivity contribution in [3.8, 4) is 0 Å². The zero-order chi connectivity index (χ0) is 11.5. The lowest BCUT2D eigenvalue weighted by Gasteiger charge is -2.33. The van der Waals surface area contributed by atoms with Gasteiger partial charge < -0.3 is 17.8 Å². The highest BCUT2D eigenvalue weighted by molar-refractivity contribution is 6.66. The topological polar surface area (TPSA) is 3.24 Å². The summed E-state index contributed by atoms with van der Waals surface area (Å²) in [5.74, 6) is 0.610. The maximum Gasteiger partial charge on any atom is 0.506 e. The standard InChI is InChI=1S/C10H18BF3N/c1-3-15(8-10-5-4-6-10)7-9(2)11(12,13)14/h10H,2-8H2,1H3/q-1. The van der Waals surface area contributed by atoms with Crippen LogP contribution in [0.15, 0.2) is 12.1 Å². The van der Waals surface area contributed by atoms with Crippen molar-refractivity contribution < 1.29 is 12.9 Å². The first-order chi connectivity index (χ1) is 6.93. The highest BCUT2D eigenvalue weighted by Crippen LogP contribution is 2.28. The lowest BCUT2D eigenvalue weighted by atomic mass is 9.79. The van der Waals surface area contributed by atoms with E-state index in [-0.39, 0.29) is 6.54 Å².